The van der Waals surface area contributed by atoms with Gasteiger partial charge in [0.25, 0.3) is 0 Å². The maximum absolute atomic E-state index is 15.6. The molecule has 2 fully saturated rings. The van der Waals surface area contributed by atoms with Crippen LogP contribution in [0.15, 0.2) is 17.1 Å². The molecule has 0 spiro atoms. The normalized spacial score (nSPS) is 22.2. The molecular formula is C19H21F2N3O4. The summed E-state index contributed by atoms with van der Waals surface area (Å²) in [5.74, 6) is -3.15. The maximum atomic E-state index is 15.6. The fourth-order valence-electron chi connectivity index (χ4n) is 3.99. The number of aromatic nitrogens is 1. The number of pyridine rings is 1. The third-order valence-electron chi connectivity index (χ3n) is 5.61. The number of nitrogens with one attached hydrogen (secondary N) is 1. The summed E-state index contributed by atoms with van der Waals surface area (Å²) in [7, 11) is 3.30. The van der Waals surface area contributed by atoms with Crippen molar-refractivity contribution in [2.75, 3.05) is 32.1 Å². The van der Waals surface area contributed by atoms with Gasteiger partial charge in [-0.1, -0.05) is 0 Å². The van der Waals surface area contributed by atoms with E-state index in [1.165, 1.54) is 10.8 Å². The smallest absolute Gasteiger partial charge is 0.341 e. The number of halogens is 2. The SMILES string of the molecule is CN[C@@H]1CN(c2c(F)cc3c(=O)c(C(=O)O)cn(C4CC4)c3c2F)C[C@H]1OC. The van der Waals surface area contributed by atoms with E-state index in [0.717, 1.165) is 18.9 Å². The van der Waals surface area contributed by atoms with Crippen molar-refractivity contribution in [2.24, 2.45) is 0 Å². The summed E-state index contributed by atoms with van der Waals surface area (Å²) in [6, 6.07) is 0.763. The Labute approximate surface area is 159 Å². The highest BCUT2D eigenvalue weighted by molar-refractivity contribution is 5.94. The molecule has 2 atom stereocenters. The standard InChI is InChI=1S/C19H21F2N3O4/c1-22-13-7-23(8-14(13)28-2)17-12(20)5-10-16(15(17)21)24(9-3-4-9)6-11(18(10)25)19(26)27/h5-6,9,13-14,22H,3-4,7-8H2,1-2H3,(H,26,27)/t13-,14-/m1/s1. The quantitative estimate of drug-likeness (QED) is 0.805. The van der Waals surface area contributed by atoms with Gasteiger partial charge in [-0.3, -0.25) is 4.79 Å². The second-order valence-corrected chi connectivity index (χ2v) is 7.31. The van der Waals surface area contributed by atoms with E-state index in [0.29, 0.717) is 13.1 Å². The number of methoxy groups -OCH3 is 1. The van der Waals surface area contributed by atoms with Gasteiger partial charge < -0.3 is 24.6 Å². The largest absolute Gasteiger partial charge is 0.477 e. The first kappa shape index (κ1) is 18.8. The van der Waals surface area contributed by atoms with Crippen LogP contribution in [-0.2, 0) is 4.74 Å². The molecule has 7 nitrogen and oxygen atoms in total. The van der Waals surface area contributed by atoms with Crippen molar-refractivity contribution in [2.45, 2.75) is 31.0 Å². The van der Waals surface area contributed by atoms with Crippen molar-refractivity contribution < 1.29 is 23.4 Å². The van der Waals surface area contributed by atoms with E-state index in [1.54, 1.807) is 19.1 Å². The number of benzene rings is 1. The maximum Gasteiger partial charge on any atom is 0.341 e. The van der Waals surface area contributed by atoms with Gasteiger partial charge in [0.1, 0.15) is 17.1 Å². The zero-order valence-corrected chi connectivity index (χ0v) is 15.5. The van der Waals surface area contributed by atoms with Crippen molar-refractivity contribution in [3.63, 3.8) is 0 Å². The molecule has 1 aliphatic heterocycles. The molecule has 0 radical (unpaired) electrons. The van der Waals surface area contributed by atoms with Gasteiger partial charge in [-0.15, -0.1) is 0 Å². The van der Waals surface area contributed by atoms with Crippen molar-refractivity contribution >= 4 is 22.6 Å². The fourth-order valence-corrected chi connectivity index (χ4v) is 3.99. The molecule has 0 bridgehead atoms. The second-order valence-electron chi connectivity index (χ2n) is 7.31. The fraction of sp³-hybridized carbons (Fsp3) is 0.474. The van der Waals surface area contributed by atoms with E-state index in [-0.39, 0.29) is 34.8 Å². The van der Waals surface area contributed by atoms with Crippen LogP contribution in [0.4, 0.5) is 14.5 Å². The minimum atomic E-state index is -1.41. The Kier molecular flexibility index (Phi) is 4.59. The van der Waals surface area contributed by atoms with Crippen LogP contribution < -0.4 is 15.6 Å². The van der Waals surface area contributed by atoms with Crippen molar-refractivity contribution in [3.8, 4) is 0 Å². The summed E-state index contributed by atoms with van der Waals surface area (Å²) >= 11 is 0. The van der Waals surface area contributed by atoms with E-state index in [9.17, 15) is 19.1 Å². The van der Waals surface area contributed by atoms with Crippen molar-refractivity contribution in [1.82, 2.24) is 9.88 Å². The zero-order valence-electron chi connectivity index (χ0n) is 15.5. The highest BCUT2D eigenvalue weighted by Gasteiger charge is 2.36. The number of anilines is 1. The summed E-state index contributed by atoms with van der Waals surface area (Å²) < 4.78 is 37.3. The number of ether oxygens (including phenoxy) is 1. The molecule has 150 valence electrons. The number of hydrogen-bond donors (Lipinski definition) is 2. The van der Waals surface area contributed by atoms with Crippen LogP contribution in [0.3, 0.4) is 0 Å². The van der Waals surface area contributed by atoms with E-state index < -0.39 is 28.6 Å². The molecule has 9 heteroatoms. The molecule has 2 N–H and O–H groups in total. The Morgan fingerprint density at radius 1 is 1.32 bits per heavy atom. The summed E-state index contributed by atoms with van der Waals surface area (Å²) in [4.78, 5) is 25.5. The number of aromatic carboxylic acids is 1. The molecule has 1 aromatic heterocycles. The number of nitrogens with zero attached hydrogens (tertiary/aromatic N) is 2. The lowest BCUT2D eigenvalue weighted by molar-refractivity contribution is 0.0694. The first-order valence-corrected chi connectivity index (χ1v) is 9.12. The molecule has 2 heterocycles. The topological polar surface area (TPSA) is 83.8 Å². The number of likely N-dealkylation sites (N-methyl/N-ethyl adjacent to an activating group) is 1. The number of hydrogen-bond acceptors (Lipinski definition) is 5. The van der Waals surface area contributed by atoms with E-state index in [1.807, 2.05) is 0 Å². The Morgan fingerprint density at radius 3 is 2.57 bits per heavy atom. The molecule has 1 saturated carbocycles. The monoisotopic (exact) mass is 393 g/mol. The van der Waals surface area contributed by atoms with Gasteiger partial charge in [-0.25, -0.2) is 13.6 Å². The van der Waals surface area contributed by atoms with Gasteiger partial charge in [0, 0.05) is 32.4 Å². The Bertz CT molecular complexity index is 1010. The van der Waals surface area contributed by atoms with Gasteiger partial charge in [0.05, 0.1) is 23.0 Å². The molecule has 1 aromatic carbocycles. The van der Waals surface area contributed by atoms with Crippen molar-refractivity contribution in [3.05, 3.63) is 39.7 Å². The summed E-state index contributed by atoms with van der Waals surface area (Å²) in [6.07, 6.45) is 2.44. The molecule has 28 heavy (non-hydrogen) atoms. The van der Waals surface area contributed by atoms with E-state index >= 15 is 4.39 Å². The molecular weight excluding hydrogens is 372 g/mol. The lowest BCUT2D eigenvalue weighted by Gasteiger charge is -2.22. The first-order chi connectivity index (χ1) is 13.4. The zero-order chi connectivity index (χ0) is 20.2. The van der Waals surface area contributed by atoms with E-state index in [4.69, 9.17) is 4.74 Å². The van der Waals surface area contributed by atoms with Crippen LogP contribution >= 0.6 is 0 Å². The Morgan fingerprint density at radius 2 is 2.04 bits per heavy atom. The number of carboxylic acids is 1. The molecule has 2 aliphatic rings. The second kappa shape index (κ2) is 6.82. The lowest BCUT2D eigenvalue weighted by Crippen LogP contribution is -2.37. The average molecular weight is 393 g/mol. The van der Waals surface area contributed by atoms with Crippen molar-refractivity contribution in [1.29, 1.82) is 0 Å². The lowest BCUT2D eigenvalue weighted by atomic mass is 10.1. The summed E-state index contributed by atoms with van der Waals surface area (Å²) in [5, 5.41) is 12.1. The number of rotatable bonds is 5. The van der Waals surface area contributed by atoms with Gasteiger partial charge in [0.15, 0.2) is 5.82 Å². The van der Waals surface area contributed by atoms with Gasteiger partial charge >= 0.3 is 5.97 Å². The Hall–Kier alpha value is -2.52. The van der Waals surface area contributed by atoms with Crippen LogP contribution in [-0.4, -0.2) is 55.0 Å². The molecule has 0 amide bonds. The van der Waals surface area contributed by atoms with E-state index in [2.05, 4.69) is 5.32 Å². The van der Waals surface area contributed by atoms with Gasteiger partial charge in [0.2, 0.25) is 5.43 Å². The van der Waals surface area contributed by atoms with Crippen LogP contribution in [0, 0.1) is 11.6 Å². The van der Waals surface area contributed by atoms with Gasteiger partial charge in [-0.2, -0.15) is 0 Å². The predicted molar refractivity (Wildman–Crippen MR) is 99.2 cm³/mol. The number of carbonyl (C=O) groups is 1. The van der Waals surface area contributed by atoms with Crippen LogP contribution in [0.1, 0.15) is 29.2 Å². The summed E-state index contributed by atoms with van der Waals surface area (Å²) in [5.41, 5.74) is -1.63. The average Bonchev–Trinajstić information content (AvgIpc) is 3.42. The minimum absolute atomic E-state index is 0.0456. The molecule has 0 unspecified atom stereocenters. The predicted octanol–water partition coefficient (Wildman–Crippen LogP) is 1.74. The highest BCUT2D eigenvalue weighted by Crippen LogP contribution is 2.40. The molecule has 4 rings (SSSR count). The third kappa shape index (κ3) is 2.85. The molecule has 1 saturated heterocycles. The van der Waals surface area contributed by atoms with Crippen LogP contribution in [0.5, 0.6) is 0 Å². The highest BCUT2D eigenvalue weighted by atomic mass is 19.1. The molecule has 1 aliphatic carbocycles. The number of fused-ring (bicyclic) bond motifs is 1. The number of carboxylic acid groups (broad SMARTS) is 1. The summed E-state index contributed by atoms with van der Waals surface area (Å²) in [6.45, 7) is 0.636. The first-order valence-electron chi connectivity index (χ1n) is 9.12. The van der Waals surface area contributed by atoms with Crippen LogP contribution in [0.2, 0.25) is 0 Å². The van der Waals surface area contributed by atoms with Gasteiger partial charge in [-0.05, 0) is 26.0 Å². The van der Waals surface area contributed by atoms with Crippen LogP contribution in [0.25, 0.3) is 10.9 Å². The minimum Gasteiger partial charge on any atom is -0.477 e. The third-order valence-corrected chi connectivity index (χ3v) is 5.61. The Balaban J connectivity index is 1.93. The molecule has 2 aromatic rings.